The Hall–Kier alpha value is -2.02. The normalized spacial score (nSPS) is 11.3. The summed E-state index contributed by atoms with van der Waals surface area (Å²) in [4.78, 5) is 8.48. The van der Waals surface area contributed by atoms with Crippen molar-refractivity contribution in [1.29, 1.82) is 0 Å². The molecule has 1 aromatic carbocycles. The van der Waals surface area contributed by atoms with Crippen molar-refractivity contribution in [3.8, 4) is 0 Å². The van der Waals surface area contributed by atoms with Gasteiger partial charge in [0.05, 0.1) is 0 Å². The number of hydrogen-bond acceptors (Lipinski definition) is 4. The highest BCUT2D eigenvalue weighted by Crippen LogP contribution is 2.29. The fourth-order valence-electron chi connectivity index (χ4n) is 1.62. The Morgan fingerprint density at radius 2 is 1.86 bits per heavy atom. The zero-order chi connectivity index (χ0) is 15.6. The molecule has 0 saturated heterocycles. The fraction of sp³-hybridized carbons (Fsp3) is 0.231. The van der Waals surface area contributed by atoms with Crippen LogP contribution >= 0.6 is 11.6 Å². The summed E-state index contributed by atoms with van der Waals surface area (Å²) in [6.07, 6.45) is -4.65. The first-order valence-corrected chi connectivity index (χ1v) is 6.30. The Balaban J connectivity index is 2.31. The van der Waals surface area contributed by atoms with Crippen LogP contribution in [-0.4, -0.2) is 24.1 Å². The van der Waals surface area contributed by atoms with Gasteiger partial charge in [-0.1, -0.05) is 17.7 Å². The summed E-state index contributed by atoms with van der Waals surface area (Å²) >= 11 is 5.60. The van der Waals surface area contributed by atoms with E-state index in [4.69, 9.17) is 11.6 Å². The van der Waals surface area contributed by atoms with Crippen molar-refractivity contribution in [2.75, 3.05) is 24.3 Å². The second-order valence-electron chi connectivity index (χ2n) is 4.47. The third-order valence-corrected chi connectivity index (χ3v) is 2.78. The molecule has 0 unspecified atom stereocenters. The van der Waals surface area contributed by atoms with E-state index in [1.165, 1.54) is 6.07 Å². The molecule has 0 aliphatic heterocycles. The summed E-state index contributed by atoms with van der Waals surface area (Å²) in [5.74, 6) is -1.29. The molecule has 0 amide bonds. The average Bonchev–Trinajstić information content (AvgIpc) is 2.37. The Bertz CT molecular complexity index is 644. The third kappa shape index (κ3) is 3.98. The number of aromatic nitrogens is 2. The van der Waals surface area contributed by atoms with Gasteiger partial charge in [-0.05, 0) is 18.2 Å². The van der Waals surface area contributed by atoms with Gasteiger partial charge in [-0.2, -0.15) is 13.2 Å². The number of nitrogens with one attached hydrogen (secondary N) is 1. The van der Waals surface area contributed by atoms with Crippen LogP contribution in [0, 0.1) is 0 Å². The highest BCUT2D eigenvalue weighted by atomic mass is 35.5. The van der Waals surface area contributed by atoms with Crippen molar-refractivity contribution in [3.63, 3.8) is 0 Å². The lowest BCUT2D eigenvalue weighted by Gasteiger charge is -2.14. The van der Waals surface area contributed by atoms with Crippen LogP contribution in [0.5, 0.6) is 0 Å². The third-order valence-electron chi connectivity index (χ3n) is 2.58. The van der Waals surface area contributed by atoms with Crippen molar-refractivity contribution in [3.05, 3.63) is 41.3 Å². The molecule has 4 nitrogen and oxygen atoms in total. The highest BCUT2D eigenvalue weighted by Gasteiger charge is 2.35. The van der Waals surface area contributed by atoms with E-state index in [0.29, 0.717) is 5.69 Å². The SMILES string of the molecule is CN(C)c1cccc(Nc2cc(Cl)nc(C(F)(F)F)n2)c1. The van der Waals surface area contributed by atoms with Gasteiger partial charge in [0.2, 0.25) is 5.82 Å². The van der Waals surface area contributed by atoms with Gasteiger partial charge in [0, 0.05) is 31.5 Å². The van der Waals surface area contributed by atoms with E-state index in [9.17, 15) is 13.2 Å². The van der Waals surface area contributed by atoms with Crippen molar-refractivity contribution in [2.45, 2.75) is 6.18 Å². The highest BCUT2D eigenvalue weighted by molar-refractivity contribution is 6.29. The lowest BCUT2D eigenvalue weighted by Crippen LogP contribution is -2.12. The molecule has 0 aliphatic rings. The molecule has 1 N–H and O–H groups in total. The van der Waals surface area contributed by atoms with Crippen LogP contribution in [-0.2, 0) is 6.18 Å². The summed E-state index contributed by atoms with van der Waals surface area (Å²) in [5, 5.41) is 2.52. The molecule has 0 radical (unpaired) electrons. The largest absolute Gasteiger partial charge is 0.451 e. The monoisotopic (exact) mass is 316 g/mol. The van der Waals surface area contributed by atoms with Gasteiger partial charge in [-0.25, -0.2) is 9.97 Å². The van der Waals surface area contributed by atoms with Gasteiger partial charge in [-0.15, -0.1) is 0 Å². The van der Waals surface area contributed by atoms with Crippen LogP contribution < -0.4 is 10.2 Å². The molecule has 1 heterocycles. The van der Waals surface area contributed by atoms with E-state index in [1.807, 2.05) is 25.1 Å². The van der Waals surface area contributed by atoms with Crippen LogP contribution in [0.1, 0.15) is 5.82 Å². The molecule has 0 aliphatic carbocycles. The van der Waals surface area contributed by atoms with E-state index in [0.717, 1.165) is 5.69 Å². The maximum atomic E-state index is 12.6. The number of hydrogen-bond donors (Lipinski definition) is 1. The van der Waals surface area contributed by atoms with E-state index in [2.05, 4.69) is 15.3 Å². The van der Waals surface area contributed by atoms with E-state index < -0.39 is 12.0 Å². The quantitative estimate of drug-likeness (QED) is 0.870. The zero-order valence-corrected chi connectivity index (χ0v) is 12.0. The second kappa shape index (κ2) is 5.77. The van der Waals surface area contributed by atoms with Gasteiger partial charge in [0.15, 0.2) is 0 Å². The van der Waals surface area contributed by atoms with E-state index in [-0.39, 0.29) is 11.0 Å². The Morgan fingerprint density at radius 3 is 2.48 bits per heavy atom. The smallest absolute Gasteiger partial charge is 0.378 e. The van der Waals surface area contributed by atoms with Crippen LogP contribution in [0.4, 0.5) is 30.4 Å². The molecule has 112 valence electrons. The number of benzene rings is 1. The molecule has 21 heavy (non-hydrogen) atoms. The lowest BCUT2D eigenvalue weighted by atomic mass is 10.2. The van der Waals surface area contributed by atoms with Crippen molar-refractivity contribution in [1.82, 2.24) is 9.97 Å². The number of alkyl halides is 3. The molecule has 2 rings (SSSR count). The van der Waals surface area contributed by atoms with Crippen LogP contribution in [0.3, 0.4) is 0 Å². The van der Waals surface area contributed by atoms with E-state index >= 15 is 0 Å². The maximum Gasteiger partial charge on any atom is 0.451 e. The summed E-state index contributed by atoms with van der Waals surface area (Å²) in [7, 11) is 3.73. The lowest BCUT2D eigenvalue weighted by molar-refractivity contribution is -0.144. The van der Waals surface area contributed by atoms with Crippen LogP contribution in [0.25, 0.3) is 0 Å². The van der Waals surface area contributed by atoms with Gasteiger partial charge < -0.3 is 10.2 Å². The molecule has 0 fully saturated rings. The number of halogens is 4. The van der Waals surface area contributed by atoms with Crippen molar-refractivity contribution >= 4 is 28.8 Å². The molecule has 2 aromatic rings. The van der Waals surface area contributed by atoms with Gasteiger partial charge in [-0.3, -0.25) is 0 Å². The fourth-order valence-corrected chi connectivity index (χ4v) is 1.80. The number of nitrogens with zero attached hydrogens (tertiary/aromatic N) is 3. The average molecular weight is 317 g/mol. The molecule has 8 heteroatoms. The number of rotatable bonds is 3. The minimum atomic E-state index is -4.65. The van der Waals surface area contributed by atoms with Gasteiger partial charge in [0.25, 0.3) is 0 Å². The zero-order valence-electron chi connectivity index (χ0n) is 11.2. The van der Waals surface area contributed by atoms with Crippen LogP contribution in [0.2, 0.25) is 5.15 Å². The summed E-state index contributed by atoms with van der Waals surface area (Å²) in [5.41, 5.74) is 1.50. The minimum absolute atomic E-state index is 0.0155. The standard InChI is InChI=1S/C13H12ClF3N4/c1-21(2)9-5-3-4-8(6-9)18-11-7-10(14)19-12(20-11)13(15,16)17/h3-7H,1-2H3,(H,18,19,20). The summed E-state index contributed by atoms with van der Waals surface area (Å²) in [6, 6.07) is 8.39. The Labute approximate surface area is 124 Å². The summed E-state index contributed by atoms with van der Waals surface area (Å²) in [6.45, 7) is 0. The first-order chi connectivity index (χ1) is 9.75. The van der Waals surface area contributed by atoms with Crippen molar-refractivity contribution < 1.29 is 13.2 Å². The van der Waals surface area contributed by atoms with E-state index in [1.54, 1.807) is 18.2 Å². The molecule has 0 spiro atoms. The molecule has 0 bridgehead atoms. The van der Waals surface area contributed by atoms with Crippen LogP contribution in [0.15, 0.2) is 30.3 Å². The molecule has 0 atom stereocenters. The Morgan fingerprint density at radius 1 is 1.14 bits per heavy atom. The molecular formula is C13H12ClF3N4. The van der Waals surface area contributed by atoms with Gasteiger partial charge in [0.1, 0.15) is 11.0 Å². The summed E-state index contributed by atoms with van der Waals surface area (Å²) < 4.78 is 37.9. The van der Waals surface area contributed by atoms with Crippen molar-refractivity contribution in [2.24, 2.45) is 0 Å². The predicted molar refractivity (Wildman–Crippen MR) is 76.1 cm³/mol. The maximum absolute atomic E-state index is 12.6. The topological polar surface area (TPSA) is 41.0 Å². The van der Waals surface area contributed by atoms with Gasteiger partial charge >= 0.3 is 6.18 Å². The molecule has 1 aromatic heterocycles. The minimum Gasteiger partial charge on any atom is -0.378 e. The Kier molecular flexibility index (Phi) is 4.22. The first-order valence-electron chi connectivity index (χ1n) is 5.92. The first kappa shape index (κ1) is 15.4. The predicted octanol–water partition coefficient (Wildman–Crippen LogP) is 3.96. The second-order valence-corrected chi connectivity index (χ2v) is 4.85. The molecular weight excluding hydrogens is 305 g/mol. The molecule has 0 saturated carbocycles. The number of anilines is 3.